The van der Waals surface area contributed by atoms with Gasteiger partial charge in [0.15, 0.2) is 0 Å². The number of nitrogens with zero attached hydrogens (tertiary/aromatic N) is 2. The number of rotatable bonds is 4. The second kappa shape index (κ2) is 7.99. The predicted molar refractivity (Wildman–Crippen MR) is 96.2 cm³/mol. The van der Waals surface area contributed by atoms with Crippen LogP contribution in [0.25, 0.3) is 0 Å². The smallest absolute Gasteiger partial charge is 0.321 e. The molecule has 24 heavy (non-hydrogen) atoms. The Bertz CT molecular complexity index is 557. The molecule has 1 aromatic rings. The zero-order valence-corrected chi connectivity index (χ0v) is 14.6. The van der Waals surface area contributed by atoms with Crippen molar-refractivity contribution in [3.8, 4) is 0 Å². The molecule has 2 heterocycles. The Balaban J connectivity index is 1.52. The van der Waals surface area contributed by atoms with E-state index < -0.39 is 6.10 Å². The van der Waals surface area contributed by atoms with Gasteiger partial charge in [0.1, 0.15) is 0 Å². The lowest BCUT2D eigenvalue weighted by Crippen LogP contribution is -2.47. The van der Waals surface area contributed by atoms with Gasteiger partial charge in [-0.05, 0) is 62.4 Å². The molecule has 0 spiro atoms. The highest BCUT2D eigenvalue weighted by molar-refractivity contribution is 5.89. The van der Waals surface area contributed by atoms with E-state index in [1.807, 2.05) is 19.1 Å². The summed E-state index contributed by atoms with van der Waals surface area (Å²) < 4.78 is 0. The van der Waals surface area contributed by atoms with Crippen molar-refractivity contribution in [3.63, 3.8) is 0 Å². The molecule has 5 nitrogen and oxygen atoms in total. The van der Waals surface area contributed by atoms with Gasteiger partial charge in [0, 0.05) is 25.3 Å². The number of β-amino-alcohol motifs (C(OH)–C–C–N with tert-alkyl or cyclic N) is 1. The first kappa shape index (κ1) is 17.2. The van der Waals surface area contributed by atoms with Gasteiger partial charge in [-0.2, -0.15) is 0 Å². The predicted octanol–water partition coefficient (Wildman–Crippen LogP) is 2.56. The molecular formula is C19H29N3O2. The minimum atomic E-state index is -0.420. The Hall–Kier alpha value is -1.59. The van der Waals surface area contributed by atoms with Crippen molar-refractivity contribution in [1.82, 2.24) is 9.80 Å². The van der Waals surface area contributed by atoms with Crippen LogP contribution in [-0.2, 0) is 6.42 Å². The second-order valence-electron chi connectivity index (χ2n) is 7.21. The number of carbonyl (C=O) groups is 1. The topological polar surface area (TPSA) is 55.8 Å². The van der Waals surface area contributed by atoms with Crippen LogP contribution in [0.4, 0.5) is 10.5 Å². The van der Waals surface area contributed by atoms with E-state index in [1.165, 1.54) is 31.5 Å². The molecular weight excluding hydrogens is 302 g/mol. The minimum absolute atomic E-state index is 0.113. The largest absolute Gasteiger partial charge is 0.391 e. The summed E-state index contributed by atoms with van der Waals surface area (Å²) in [5, 5.41) is 12.9. The molecule has 132 valence electrons. The van der Waals surface area contributed by atoms with E-state index in [0.29, 0.717) is 13.1 Å². The third-order valence-electron chi connectivity index (χ3n) is 5.30. The van der Waals surface area contributed by atoms with Crippen LogP contribution in [0, 0.1) is 5.92 Å². The molecule has 1 aromatic carbocycles. The SMILES string of the molecule is CC1CCN(C(=O)Nc2cccc(CCN3CCCC3)c2)CC1O. The van der Waals surface area contributed by atoms with Gasteiger partial charge in [0.25, 0.3) is 0 Å². The number of hydrogen-bond donors (Lipinski definition) is 2. The molecule has 0 radical (unpaired) electrons. The number of aliphatic hydroxyl groups excluding tert-OH is 1. The van der Waals surface area contributed by atoms with Crippen molar-refractivity contribution in [1.29, 1.82) is 0 Å². The van der Waals surface area contributed by atoms with E-state index in [9.17, 15) is 9.90 Å². The molecule has 2 atom stereocenters. The zero-order chi connectivity index (χ0) is 16.9. The molecule has 2 N–H and O–H groups in total. The van der Waals surface area contributed by atoms with E-state index in [0.717, 1.165) is 25.1 Å². The summed E-state index contributed by atoms with van der Waals surface area (Å²) in [6.45, 7) is 6.68. The summed E-state index contributed by atoms with van der Waals surface area (Å²) in [6.07, 6.45) is 4.08. The van der Waals surface area contributed by atoms with Crippen LogP contribution in [-0.4, -0.2) is 59.8 Å². The average Bonchev–Trinajstić information content (AvgIpc) is 3.09. The Morgan fingerprint density at radius 3 is 2.83 bits per heavy atom. The van der Waals surface area contributed by atoms with E-state index in [1.54, 1.807) is 4.90 Å². The molecule has 2 amide bonds. The number of amides is 2. The highest BCUT2D eigenvalue weighted by Crippen LogP contribution is 2.19. The quantitative estimate of drug-likeness (QED) is 0.891. The maximum atomic E-state index is 12.4. The Morgan fingerprint density at radius 2 is 2.08 bits per heavy atom. The van der Waals surface area contributed by atoms with Crippen LogP contribution in [0.3, 0.4) is 0 Å². The van der Waals surface area contributed by atoms with Gasteiger partial charge >= 0.3 is 6.03 Å². The van der Waals surface area contributed by atoms with Gasteiger partial charge in [0.05, 0.1) is 6.10 Å². The number of anilines is 1. The fraction of sp³-hybridized carbons (Fsp3) is 0.632. The van der Waals surface area contributed by atoms with Gasteiger partial charge in [0.2, 0.25) is 0 Å². The number of piperidine rings is 1. The van der Waals surface area contributed by atoms with E-state index in [-0.39, 0.29) is 11.9 Å². The first-order valence-electron chi connectivity index (χ1n) is 9.17. The Kier molecular flexibility index (Phi) is 5.74. The van der Waals surface area contributed by atoms with Crippen LogP contribution in [0.15, 0.2) is 24.3 Å². The molecule has 2 aliphatic rings. The first-order valence-corrected chi connectivity index (χ1v) is 9.17. The van der Waals surface area contributed by atoms with Crippen molar-refractivity contribution in [2.75, 3.05) is 38.0 Å². The molecule has 2 fully saturated rings. The fourth-order valence-corrected chi connectivity index (χ4v) is 3.53. The van der Waals surface area contributed by atoms with Gasteiger partial charge in [-0.25, -0.2) is 4.79 Å². The molecule has 2 aliphatic heterocycles. The standard InChI is InChI=1S/C19H29N3O2/c1-15-7-12-22(14-18(15)23)19(24)20-17-6-4-5-16(13-17)8-11-21-9-2-3-10-21/h4-6,13,15,18,23H,2-3,7-12,14H2,1H3,(H,20,24). The molecule has 2 unspecified atom stereocenters. The molecule has 3 rings (SSSR count). The number of urea groups is 1. The summed E-state index contributed by atoms with van der Waals surface area (Å²) in [5.74, 6) is 0.267. The molecule has 0 aromatic heterocycles. The number of benzene rings is 1. The highest BCUT2D eigenvalue weighted by Gasteiger charge is 2.27. The Labute approximate surface area is 144 Å². The van der Waals surface area contributed by atoms with Crippen molar-refractivity contribution in [2.45, 2.75) is 38.7 Å². The molecule has 0 saturated carbocycles. The highest BCUT2D eigenvalue weighted by atomic mass is 16.3. The lowest BCUT2D eigenvalue weighted by Gasteiger charge is -2.34. The van der Waals surface area contributed by atoms with E-state index in [4.69, 9.17) is 0 Å². The summed E-state index contributed by atoms with van der Waals surface area (Å²) in [7, 11) is 0. The lowest BCUT2D eigenvalue weighted by molar-refractivity contribution is 0.0464. The molecule has 0 bridgehead atoms. The third-order valence-corrected chi connectivity index (χ3v) is 5.30. The molecule has 5 heteroatoms. The average molecular weight is 331 g/mol. The van der Waals surface area contributed by atoms with Crippen molar-refractivity contribution in [2.24, 2.45) is 5.92 Å². The number of hydrogen-bond acceptors (Lipinski definition) is 3. The summed E-state index contributed by atoms with van der Waals surface area (Å²) >= 11 is 0. The fourth-order valence-electron chi connectivity index (χ4n) is 3.53. The van der Waals surface area contributed by atoms with E-state index >= 15 is 0 Å². The second-order valence-corrected chi connectivity index (χ2v) is 7.21. The zero-order valence-electron chi connectivity index (χ0n) is 14.6. The number of likely N-dealkylation sites (tertiary alicyclic amines) is 2. The van der Waals surface area contributed by atoms with Crippen molar-refractivity contribution < 1.29 is 9.90 Å². The van der Waals surface area contributed by atoms with Crippen LogP contribution in [0.1, 0.15) is 31.7 Å². The number of carbonyl (C=O) groups excluding carboxylic acids is 1. The number of aliphatic hydroxyl groups is 1. The van der Waals surface area contributed by atoms with Crippen LogP contribution < -0.4 is 5.32 Å². The maximum Gasteiger partial charge on any atom is 0.321 e. The van der Waals surface area contributed by atoms with Gasteiger partial charge in [-0.15, -0.1) is 0 Å². The minimum Gasteiger partial charge on any atom is -0.391 e. The normalized spacial score (nSPS) is 25.0. The van der Waals surface area contributed by atoms with Crippen LogP contribution >= 0.6 is 0 Å². The van der Waals surface area contributed by atoms with Crippen LogP contribution in [0.2, 0.25) is 0 Å². The number of nitrogens with one attached hydrogen (secondary N) is 1. The van der Waals surface area contributed by atoms with E-state index in [2.05, 4.69) is 22.3 Å². The summed E-state index contributed by atoms with van der Waals surface area (Å²) in [4.78, 5) is 16.6. The van der Waals surface area contributed by atoms with Crippen LogP contribution in [0.5, 0.6) is 0 Å². The summed E-state index contributed by atoms with van der Waals surface area (Å²) in [6, 6.07) is 8.01. The van der Waals surface area contributed by atoms with Crippen molar-refractivity contribution in [3.05, 3.63) is 29.8 Å². The summed E-state index contributed by atoms with van der Waals surface area (Å²) in [5.41, 5.74) is 2.10. The van der Waals surface area contributed by atoms with Gasteiger partial charge in [-0.3, -0.25) is 0 Å². The monoisotopic (exact) mass is 331 g/mol. The van der Waals surface area contributed by atoms with Gasteiger partial charge < -0.3 is 20.2 Å². The molecule has 2 saturated heterocycles. The van der Waals surface area contributed by atoms with Crippen molar-refractivity contribution >= 4 is 11.7 Å². The molecule has 0 aliphatic carbocycles. The third kappa shape index (κ3) is 4.48. The first-order chi connectivity index (χ1) is 11.6. The Morgan fingerprint density at radius 1 is 1.29 bits per heavy atom. The lowest BCUT2D eigenvalue weighted by atomic mass is 9.96. The van der Waals surface area contributed by atoms with Gasteiger partial charge in [-0.1, -0.05) is 19.1 Å². The maximum absolute atomic E-state index is 12.4.